The minimum atomic E-state index is -0.516. The van der Waals surface area contributed by atoms with Crippen LogP contribution < -0.4 is 5.73 Å². The zero-order valence-corrected chi connectivity index (χ0v) is 7.80. The van der Waals surface area contributed by atoms with Crippen molar-refractivity contribution in [3.8, 4) is 5.75 Å². The van der Waals surface area contributed by atoms with Crippen molar-refractivity contribution < 1.29 is 14.6 Å². The van der Waals surface area contributed by atoms with E-state index < -0.39 is 5.97 Å². The monoisotopic (exact) mass is 203 g/mol. The Morgan fingerprint density at radius 1 is 1.46 bits per heavy atom. The number of esters is 1. The van der Waals surface area contributed by atoms with Crippen molar-refractivity contribution in [1.82, 2.24) is 0 Å². The van der Waals surface area contributed by atoms with Crippen molar-refractivity contribution in [1.29, 1.82) is 0 Å². The molecule has 0 aromatic heterocycles. The Kier molecular flexibility index (Phi) is 4.07. The number of aromatic hydroxyl groups is 1. The van der Waals surface area contributed by atoms with Crippen molar-refractivity contribution >= 4 is 24.1 Å². The maximum atomic E-state index is 10.9. The summed E-state index contributed by atoms with van der Waals surface area (Å²) in [5.41, 5.74) is 5.96. The quantitative estimate of drug-likeness (QED) is 0.531. The van der Waals surface area contributed by atoms with Crippen LogP contribution in [0.2, 0.25) is 0 Å². The Bertz CT molecular complexity index is 294. The summed E-state index contributed by atoms with van der Waals surface area (Å²) in [7, 11) is 1.27. The second kappa shape index (κ2) is 4.57. The Morgan fingerprint density at radius 3 is 2.54 bits per heavy atom. The fraction of sp³-hybridized carbons (Fsp3) is 0.125. The molecule has 1 aromatic carbocycles. The number of hydrogen-bond donors (Lipinski definition) is 2. The molecule has 4 nitrogen and oxygen atoms in total. The van der Waals surface area contributed by atoms with Crippen LogP contribution in [0.1, 0.15) is 10.4 Å². The lowest BCUT2D eigenvalue weighted by atomic mass is 10.2. The molecule has 0 aliphatic carbocycles. The molecule has 5 heteroatoms. The molecule has 0 fully saturated rings. The molecule has 1 rings (SSSR count). The van der Waals surface area contributed by atoms with Gasteiger partial charge < -0.3 is 15.6 Å². The number of benzene rings is 1. The number of rotatable bonds is 1. The summed E-state index contributed by atoms with van der Waals surface area (Å²) in [5.74, 6) is -0.562. The van der Waals surface area contributed by atoms with Gasteiger partial charge in [0.1, 0.15) is 5.75 Å². The van der Waals surface area contributed by atoms with Crippen LogP contribution in [-0.2, 0) is 4.74 Å². The molecule has 3 N–H and O–H groups in total. The van der Waals surface area contributed by atoms with Crippen LogP contribution in [-0.4, -0.2) is 18.2 Å². The van der Waals surface area contributed by atoms with Crippen molar-refractivity contribution in [3.63, 3.8) is 0 Å². The van der Waals surface area contributed by atoms with E-state index >= 15 is 0 Å². The highest BCUT2D eigenvalue weighted by molar-refractivity contribution is 5.90. The number of methoxy groups -OCH3 is 1. The van der Waals surface area contributed by atoms with Crippen molar-refractivity contribution in [2.24, 2.45) is 0 Å². The first-order valence-electron chi connectivity index (χ1n) is 3.31. The maximum absolute atomic E-state index is 10.9. The maximum Gasteiger partial charge on any atom is 0.338 e. The van der Waals surface area contributed by atoms with E-state index in [1.54, 1.807) is 0 Å². The highest BCUT2D eigenvalue weighted by Gasteiger charge is 2.06. The number of phenolic OH excluding ortho intramolecular Hbond substituents is 1. The van der Waals surface area contributed by atoms with Gasteiger partial charge in [-0.15, -0.1) is 12.4 Å². The van der Waals surface area contributed by atoms with Crippen molar-refractivity contribution in [2.75, 3.05) is 12.8 Å². The van der Waals surface area contributed by atoms with Gasteiger partial charge in [0, 0.05) is 11.8 Å². The SMILES string of the molecule is COC(=O)c1cc(N)cc(O)c1.Cl. The zero-order chi connectivity index (χ0) is 9.14. The number of halogens is 1. The Hall–Kier alpha value is -1.42. The predicted octanol–water partition coefficient (Wildman–Crippen LogP) is 1.18. The molecular formula is C8H10ClNO3. The summed E-state index contributed by atoms with van der Waals surface area (Å²) in [6, 6.07) is 4.08. The third-order valence-electron chi connectivity index (χ3n) is 1.36. The molecule has 1 aromatic rings. The molecule has 13 heavy (non-hydrogen) atoms. The number of nitrogens with two attached hydrogens (primary N) is 1. The number of carbonyl (C=O) groups is 1. The second-order valence-electron chi connectivity index (χ2n) is 2.30. The van der Waals surface area contributed by atoms with E-state index in [2.05, 4.69) is 4.74 Å². The van der Waals surface area contributed by atoms with E-state index in [0.29, 0.717) is 5.69 Å². The molecule has 0 radical (unpaired) electrons. The van der Waals surface area contributed by atoms with E-state index in [9.17, 15) is 4.79 Å². The Labute approximate surface area is 81.7 Å². The topological polar surface area (TPSA) is 72.5 Å². The van der Waals surface area contributed by atoms with Crippen LogP contribution in [0.25, 0.3) is 0 Å². The average molecular weight is 204 g/mol. The summed E-state index contributed by atoms with van der Waals surface area (Å²) >= 11 is 0. The number of hydrogen-bond acceptors (Lipinski definition) is 4. The second-order valence-corrected chi connectivity index (χ2v) is 2.30. The van der Waals surface area contributed by atoms with E-state index in [4.69, 9.17) is 10.8 Å². The summed E-state index contributed by atoms with van der Waals surface area (Å²) in [6.07, 6.45) is 0. The molecule has 0 heterocycles. The third kappa shape index (κ3) is 2.83. The standard InChI is InChI=1S/C8H9NO3.ClH/c1-12-8(11)5-2-6(9)4-7(10)3-5;/h2-4,10H,9H2,1H3;1H. The van der Waals surface area contributed by atoms with Crippen LogP contribution in [0.5, 0.6) is 5.75 Å². The molecular weight excluding hydrogens is 194 g/mol. The summed E-state index contributed by atoms with van der Waals surface area (Å²) < 4.78 is 4.44. The highest BCUT2D eigenvalue weighted by Crippen LogP contribution is 2.17. The lowest BCUT2D eigenvalue weighted by Crippen LogP contribution is -2.01. The third-order valence-corrected chi connectivity index (χ3v) is 1.36. The number of phenols is 1. The number of ether oxygens (including phenoxy) is 1. The zero-order valence-electron chi connectivity index (χ0n) is 6.98. The van der Waals surface area contributed by atoms with E-state index in [1.165, 1.54) is 25.3 Å². The largest absolute Gasteiger partial charge is 0.508 e. The van der Waals surface area contributed by atoms with Gasteiger partial charge in [-0.3, -0.25) is 0 Å². The molecule has 0 unspecified atom stereocenters. The molecule has 0 bridgehead atoms. The molecule has 0 aliphatic heterocycles. The van der Waals surface area contributed by atoms with Gasteiger partial charge in [0.05, 0.1) is 12.7 Å². The molecule has 0 aliphatic rings. The van der Waals surface area contributed by atoms with E-state index in [0.717, 1.165) is 0 Å². The molecule has 0 atom stereocenters. The number of anilines is 1. The predicted molar refractivity (Wildman–Crippen MR) is 51.1 cm³/mol. The van der Waals surface area contributed by atoms with Gasteiger partial charge in [0.2, 0.25) is 0 Å². The van der Waals surface area contributed by atoms with Gasteiger partial charge in [0.25, 0.3) is 0 Å². The first-order chi connectivity index (χ1) is 5.63. The summed E-state index contributed by atoms with van der Waals surface area (Å²) in [4.78, 5) is 10.9. The Morgan fingerprint density at radius 2 is 2.08 bits per heavy atom. The van der Waals surface area contributed by atoms with Crippen molar-refractivity contribution in [2.45, 2.75) is 0 Å². The highest BCUT2D eigenvalue weighted by atomic mass is 35.5. The van der Waals surface area contributed by atoms with Gasteiger partial charge >= 0.3 is 5.97 Å². The molecule has 0 amide bonds. The van der Waals surface area contributed by atoms with Gasteiger partial charge in [-0.05, 0) is 12.1 Å². The normalized spacial score (nSPS) is 8.69. The summed E-state index contributed by atoms with van der Waals surface area (Å²) in [5, 5.41) is 9.05. The fourth-order valence-corrected chi connectivity index (χ4v) is 0.870. The van der Waals surface area contributed by atoms with E-state index in [-0.39, 0.29) is 23.7 Å². The molecule has 0 saturated carbocycles. The minimum absolute atomic E-state index is 0. The lowest BCUT2D eigenvalue weighted by molar-refractivity contribution is 0.0600. The van der Waals surface area contributed by atoms with E-state index in [1.807, 2.05) is 0 Å². The average Bonchev–Trinajstić information content (AvgIpc) is 2.01. The number of nitrogen functional groups attached to an aromatic ring is 1. The van der Waals surface area contributed by atoms with Crippen LogP contribution >= 0.6 is 12.4 Å². The van der Waals surface area contributed by atoms with Crippen molar-refractivity contribution in [3.05, 3.63) is 23.8 Å². The molecule has 0 saturated heterocycles. The van der Waals surface area contributed by atoms with Crippen LogP contribution in [0, 0.1) is 0 Å². The van der Waals surface area contributed by atoms with Gasteiger partial charge in [-0.2, -0.15) is 0 Å². The van der Waals surface area contributed by atoms with Gasteiger partial charge in [-0.1, -0.05) is 0 Å². The Balaban J connectivity index is 0.00000144. The molecule has 0 spiro atoms. The number of carbonyl (C=O) groups excluding carboxylic acids is 1. The molecule has 72 valence electrons. The first-order valence-corrected chi connectivity index (χ1v) is 3.31. The van der Waals surface area contributed by atoms with Crippen LogP contribution in [0.4, 0.5) is 5.69 Å². The van der Waals surface area contributed by atoms with Gasteiger partial charge in [0.15, 0.2) is 0 Å². The van der Waals surface area contributed by atoms with Crippen LogP contribution in [0.3, 0.4) is 0 Å². The first kappa shape index (κ1) is 11.6. The fourth-order valence-electron chi connectivity index (χ4n) is 0.870. The smallest absolute Gasteiger partial charge is 0.338 e. The summed E-state index contributed by atoms with van der Waals surface area (Å²) in [6.45, 7) is 0. The minimum Gasteiger partial charge on any atom is -0.508 e. The van der Waals surface area contributed by atoms with Gasteiger partial charge in [-0.25, -0.2) is 4.79 Å². The van der Waals surface area contributed by atoms with Crippen LogP contribution in [0.15, 0.2) is 18.2 Å². The lowest BCUT2D eigenvalue weighted by Gasteiger charge is -2.01.